The van der Waals surface area contributed by atoms with Crippen LogP contribution < -0.4 is 4.90 Å². The highest BCUT2D eigenvalue weighted by molar-refractivity contribution is 6.30. The van der Waals surface area contributed by atoms with Gasteiger partial charge in [0.1, 0.15) is 5.69 Å². The van der Waals surface area contributed by atoms with Crippen molar-refractivity contribution >= 4 is 29.0 Å². The summed E-state index contributed by atoms with van der Waals surface area (Å²) in [6.45, 7) is 0. The van der Waals surface area contributed by atoms with Gasteiger partial charge in [0, 0.05) is 17.9 Å². The van der Waals surface area contributed by atoms with Crippen molar-refractivity contribution in [3.05, 3.63) is 178 Å². The molecule has 5 aromatic rings. The monoisotopic (exact) mass is 604 g/mol. The minimum Gasteiger partial charge on any atom is -0.298 e. The zero-order valence-electron chi connectivity index (χ0n) is 24.6. The van der Waals surface area contributed by atoms with Crippen molar-refractivity contribution in [1.29, 1.82) is 0 Å². The zero-order chi connectivity index (χ0) is 31.6. The Morgan fingerprint density at radius 1 is 0.500 bits per heavy atom. The van der Waals surface area contributed by atoms with E-state index in [0.29, 0.717) is 11.1 Å². The fourth-order valence-corrected chi connectivity index (χ4v) is 9.09. The average Bonchev–Trinajstić information content (AvgIpc) is 3.61. The van der Waals surface area contributed by atoms with E-state index >= 15 is 14.4 Å². The lowest BCUT2D eigenvalue weighted by atomic mass is 9.52. The number of hydrogen-bond acceptors (Lipinski definition) is 5. The largest absolute Gasteiger partial charge is 0.298 e. The number of carbonyl (C=O) groups excluding carboxylic acids is 3. The van der Waals surface area contributed by atoms with E-state index in [2.05, 4.69) is 0 Å². The molecule has 1 saturated heterocycles. The average molecular weight is 605 g/mol. The highest BCUT2D eigenvalue weighted by Crippen LogP contribution is 2.77. The molecule has 224 valence electrons. The molecule has 7 nitrogen and oxygen atoms in total. The van der Waals surface area contributed by atoms with Crippen molar-refractivity contribution in [2.24, 2.45) is 11.8 Å². The van der Waals surface area contributed by atoms with Gasteiger partial charge in [-0.2, -0.15) is 0 Å². The number of ketones is 1. The summed E-state index contributed by atoms with van der Waals surface area (Å²) in [5, 5.41) is 12.2. The Morgan fingerprint density at radius 2 is 0.870 bits per heavy atom. The molecule has 2 amide bonds. The number of benzene rings is 5. The van der Waals surface area contributed by atoms with Crippen LogP contribution >= 0.6 is 0 Å². The molecule has 0 N–H and O–H groups in total. The van der Waals surface area contributed by atoms with Gasteiger partial charge in [-0.3, -0.25) is 24.5 Å². The molecule has 2 bridgehead atoms. The third kappa shape index (κ3) is 3.40. The van der Waals surface area contributed by atoms with Crippen LogP contribution in [0, 0.1) is 22.0 Å². The van der Waals surface area contributed by atoms with Gasteiger partial charge in [0.25, 0.3) is 5.69 Å². The lowest BCUT2D eigenvalue weighted by Crippen LogP contribution is -2.49. The molecule has 0 spiro atoms. The number of amides is 2. The number of para-hydroxylation sites is 2. The highest BCUT2D eigenvalue weighted by Gasteiger charge is 2.86. The Labute approximate surface area is 265 Å². The first-order valence-corrected chi connectivity index (χ1v) is 15.3. The lowest BCUT2D eigenvalue weighted by molar-refractivity contribution is -0.384. The van der Waals surface area contributed by atoms with E-state index in [1.807, 2.05) is 121 Å². The van der Waals surface area contributed by atoms with Crippen LogP contribution in [0.5, 0.6) is 0 Å². The Balaban J connectivity index is 1.52. The maximum Gasteiger partial charge on any atom is 0.293 e. The van der Waals surface area contributed by atoms with Crippen molar-refractivity contribution in [2.45, 2.75) is 22.7 Å². The zero-order valence-corrected chi connectivity index (χ0v) is 24.6. The molecule has 46 heavy (non-hydrogen) atoms. The van der Waals surface area contributed by atoms with Crippen LogP contribution in [0.4, 0.5) is 11.4 Å². The number of fused-ring (bicyclic) bond motifs is 5. The van der Waals surface area contributed by atoms with E-state index in [9.17, 15) is 10.1 Å². The summed E-state index contributed by atoms with van der Waals surface area (Å²) in [6.07, 6.45) is 0. The summed E-state index contributed by atoms with van der Waals surface area (Å²) in [6, 6.07) is 44.0. The SMILES string of the molecule is O=C1[C@H]2[C@H](C(=O)N1c1ccccc1[N+](=O)[O-])[C@]1(c3ccccc3)C(=O)[C@]2(c2ccccc2)[C@H](c2ccccc2)[C@@H]1c1ccccc1. The fraction of sp³-hybridized carbons (Fsp3) is 0.154. The summed E-state index contributed by atoms with van der Waals surface area (Å²) in [7, 11) is 0. The maximum absolute atomic E-state index is 15.9. The molecule has 3 aliphatic rings. The fourth-order valence-electron chi connectivity index (χ4n) is 9.09. The number of hydrogen-bond donors (Lipinski definition) is 0. The second-order valence-corrected chi connectivity index (χ2v) is 12.3. The van der Waals surface area contributed by atoms with Crippen LogP contribution in [0.15, 0.2) is 146 Å². The first-order valence-electron chi connectivity index (χ1n) is 15.3. The standard InChI is InChI=1S/C39H28N2O5/c42-35-33-34(36(43)40(35)29-23-13-14-24-30(29)41(45)46)39(28-21-11-4-12-22-28)32(26-17-7-2-8-18-26)31(25-15-5-1-6-16-25)38(33,37(39)44)27-19-9-3-10-20-27/h1-24,31-34H/t31-,32+,33-,34-,38-,39-/m1/s1. The Kier molecular flexibility index (Phi) is 6.15. The van der Waals surface area contributed by atoms with Crippen molar-refractivity contribution in [2.75, 3.05) is 4.90 Å². The van der Waals surface area contributed by atoms with Gasteiger partial charge < -0.3 is 0 Å². The third-order valence-electron chi connectivity index (χ3n) is 10.5. The minimum absolute atomic E-state index is 0.0808. The number of anilines is 1. The number of imide groups is 1. The summed E-state index contributed by atoms with van der Waals surface area (Å²) in [5.74, 6) is -4.61. The second-order valence-electron chi connectivity index (χ2n) is 12.3. The van der Waals surface area contributed by atoms with E-state index in [1.165, 1.54) is 18.2 Å². The van der Waals surface area contributed by atoms with Gasteiger partial charge in [-0.1, -0.05) is 133 Å². The highest BCUT2D eigenvalue weighted by atomic mass is 16.6. The molecule has 7 heteroatoms. The van der Waals surface area contributed by atoms with Crippen LogP contribution in [0.25, 0.3) is 0 Å². The van der Waals surface area contributed by atoms with Crippen molar-refractivity contribution in [3.8, 4) is 0 Å². The normalized spacial score (nSPS) is 28.0. The number of nitrogens with zero attached hydrogens (tertiary/aromatic N) is 2. The van der Waals surface area contributed by atoms with E-state index in [4.69, 9.17) is 0 Å². The van der Waals surface area contributed by atoms with Crippen LogP contribution in [-0.4, -0.2) is 22.5 Å². The van der Waals surface area contributed by atoms with Crippen LogP contribution in [0.2, 0.25) is 0 Å². The van der Waals surface area contributed by atoms with Gasteiger partial charge in [-0.25, -0.2) is 4.90 Å². The van der Waals surface area contributed by atoms with E-state index in [0.717, 1.165) is 16.0 Å². The van der Waals surface area contributed by atoms with Gasteiger partial charge in [0.2, 0.25) is 11.8 Å². The van der Waals surface area contributed by atoms with Gasteiger partial charge in [0.05, 0.1) is 27.6 Å². The van der Waals surface area contributed by atoms with Crippen molar-refractivity contribution in [1.82, 2.24) is 0 Å². The molecule has 0 unspecified atom stereocenters. The minimum atomic E-state index is -1.45. The number of nitro groups is 1. The molecule has 2 aliphatic carbocycles. The molecule has 8 rings (SSSR count). The molecule has 0 aromatic heterocycles. The van der Waals surface area contributed by atoms with Gasteiger partial charge in [-0.05, 0) is 28.3 Å². The van der Waals surface area contributed by atoms with Crippen molar-refractivity contribution in [3.63, 3.8) is 0 Å². The molecular formula is C39H28N2O5. The number of nitro benzene ring substituents is 1. The van der Waals surface area contributed by atoms with Gasteiger partial charge >= 0.3 is 0 Å². The molecule has 1 heterocycles. The van der Waals surface area contributed by atoms with Crippen LogP contribution in [0.3, 0.4) is 0 Å². The third-order valence-corrected chi connectivity index (χ3v) is 10.5. The molecule has 3 fully saturated rings. The summed E-state index contributed by atoms with van der Waals surface area (Å²) >= 11 is 0. The second kappa shape index (κ2) is 10.2. The predicted molar refractivity (Wildman–Crippen MR) is 172 cm³/mol. The quantitative estimate of drug-likeness (QED) is 0.122. The smallest absolute Gasteiger partial charge is 0.293 e. The summed E-state index contributed by atoms with van der Waals surface area (Å²) in [4.78, 5) is 58.5. The van der Waals surface area contributed by atoms with Gasteiger partial charge in [0.15, 0.2) is 5.78 Å². The van der Waals surface area contributed by atoms with Crippen LogP contribution in [-0.2, 0) is 25.2 Å². The number of Topliss-reactive ketones (excluding diaryl/α,β-unsaturated/α-hetero) is 1. The summed E-state index contributed by atoms with van der Waals surface area (Å²) in [5.41, 5.74) is -0.240. The lowest BCUT2D eigenvalue weighted by Gasteiger charge is -2.46. The first-order chi connectivity index (χ1) is 22.4. The molecule has 1 aliphatic heterocycles. The molecule has 0 radical (unpaired) electrons. The Bertz CT molecular complexity index is 1900. The van der Waals surface area contributed by atoms with E-state index in [1.54, 1.807) is 6.07 Å². The Morgan fingerprint density at radius 3 is 1.28 bits per heavy atom. The predicted octanol–water partition coefficient (Wildman–Crippen LogP) is 6.74. The molecule has 6 atom stereocenters. The maximum atomic E-state index is 15.9. The van der Waals surface area contributed by atoms with Crippen molar-refractivity contribution < 1.29 is 19.3 Å². The first kappa shape index (κ1) is 27.8. The Hall–Kier alpha value is -5.69. The van der Waals surface area contributed by atoms with E-state index < -0.39 is 51.2 Å². The topological polar surface area (TPSA) is 97.6 Å². The molecule has 2 saturated carbocycles. The number of carbonyl (C=O) groups is 3. The van der Waals surface area contributed by atoms with Crippen LogP contribution in [0.1, 0.15) is 34.1 Å². The number of rotatable bonds is 6. The van der Waals surface area contributed by atoms with E-state index in [-0.39, 0.29) is 17.2 Å². The molecule has 5 aromatic carbocycles. The van der Waals surface area contributed by atoms with Gasteiger partial charge in [-0.15, -0.1) is 0 Å². The summed E-state index contributed by atoms with van der Waals surface area (Å²) < 4.78 is 0. The molecular weight excluding hydrogens is 576 g/mol.